The second-order valence-electron chi connectivity index (χ2n) is 6.98. The van der Waals surface area contributed by atoms with Gasteiger partial charge in [0.2, 0.25) is 11.8 Å². The quantitative estimate of drug-likeness (QED) is 0.413. The molecule has 1 heterocycles. The molecule has 13 heteroatoms. The van der Waals surface area contributed by atoms with Crippen LogP contribution < -0.4 is 27.0 Å². The van der Waals surface area contributed by atoms with Crippen molar-refractivity contribution in [1.82, 2.24) is 16.0 Å². The van der Waals surface area contributed by atoms with E-state index < -0.39 is 41.3 Å². The molecular weight excluding hydrogens is 483 g/mol. The molecular formula is C20H19ClF3N5O3S. The first-order valence-electron chi connectivity index (χ1n) is 9.50. The number of halogens is 4. The molecule has 2 aromatic rings. The van der Waals surface area contributed by atoms with E-state index in [9.17, 15) is 27.6 Å². The van der Waals surface area contributed by atoms with Crippen molar-refractivity contribution in [3.05, 3.63) is 64.7 Å². The van der Waals surface area contributed by atoms with Crippen molar-refractivity contribution >= 4 is 46.8 Å². The number of amides is 3. The fourth-order valence-electron chi connectivity index (χ4n) is 2.90. The minimum Gasteiger partial charge on any atom is -0.338 e. The van der Waals surface area contributed by atoms with Crippen LogP contribution in [0.1, 0.15) is 15.9 Å². The summed E-state index contributed by atoms with van der Waals surface area (Å²) in [5.41, 5.74) is 4.82. The van der Waals surface area contributed by atoms with E-state index in [1.807, 2.05) is 0 Å². The van der Waals surface area contributed by atoms with Gasteiger partial charge in [-0.1, -0.05) is 17.7 Å². The van der Waals surface area contributed by atoms with E-state index in [0.29, 0.717) is 10.7 Å². The van der Waals surface area contributed by atoms with Gasteiger partial charge in [0.1, 0.15) is 11.5 Å². The number of rotatable bonds is 6. The van der Waals surface area contributed by atoms with E-state index in [0.717, 1.165) is 36.0 Å². The molecule has 1 aliphatic rings. The van der Waals surface area contributed by atoms with Crippen LogP contribution in [0.15, 0.2) is 48.5 Å². The van der Waals surface area contributed by atoms with Crippen LogP contribution in [0, 0.1) is 0 Å². The SMILES string of the molecule is NC1NC(SCC(=O)Nc2cccc(Cl)c2)NC(=O)C1NC(=O)c1ccc(C(F)(F)F)cc1. The van der Waals surface area contributed by atoms with Gasteiger partial charge in [-0.3, -0.25) is 19.7 Å². The maximum atomic E-state index is 12.7. The Hall–Kier alpha value is -2.80. The molecule has 0 spiro atoms. The lowest BCUT2D eigenvalue weighted by Crippen LogP contribution is -2.70. The van der Waals surface area contributed by atoms with E-state index in [1.165, 1.54) is 0 Å². The third-order valence-electron chi connectivity index (χ3n) is 4.51. The third-order valence-corrected chi connectivity index (χ3v) is 5.76. The van der Waals surface area contributed by atoms with E-state index in [4.69, 9.17) is 17.3 Å². The molecule has 0 aromatic heterocycles. The Bertz CT molecular complexity index is 1040. The van der Waals surface area contributed by atoms with Crippen LogP contribution in [0.2, 0.25) is 5.02 Å². The number of nitrogens with two attached hydrogens (primary N) is 1. The van der Waals surface area contributed by atoms with E-state index >= 15 is 0 Å². The molecule has 6 N–H and O–H groups in total. The first-order chi connectivity index (χ1) is 15.5. The number of benzene rings is 2. The van der Waals surface area contributed by atoms with Gasteiger partial charge in [0, 0.05) is 16.3 Å². The van der Waals surface area contributed by atoms with Crippen molar-refractivity contribution in [2.75, 3.05) is 11.1 Å². The normalized spacial score (nSPS) is 20.6. The highest BCUT2D eigenvalue weighted by molar-refractivity contribution is 8.00. The van der Waals surface area contributed by atoms with Crippen LogP contribution >= 0.6 is 23.4 Å². The Morgan fingerprint density at radius 2 is 1.85 bits per heavy atom. The summed E-state index contributed by atoms with van der Waals surface area (Å²) in [5, 5.41) is 11.0. The predicted molar refractivity (Wildman–Crippen MR) is 118 cm³/mol. The zero-order valence-electron chi connectivity index (χ0n) is 16.8. The smallest absolute Gasteiger partial charge is 0.338 e. The molecule has 3 amide bonds. The summed E-state index contributed by atoms with van der Waals surface area (Å²) in [6, 6.07) is 9.01. The summed E-state index contributed by atoms with van der Waals surface area (Å²) in [6.07, 6.45) is -5.52. The first kappa shape index (κ1) is 24.8. The minimum atomic E-state index is -4.53. The summed E-state index contributed by atoms with van der Waals surface area (Å²) >= 11 is 6.94. The number of thioether (sulfide) groups is 1. The Morgan fingerprint density at radius 3 is 2.45 bits per heavy atom. The summed E-state index contributed by atoms with van der Waals surface area (Å²) in [5.74, 6) is -1.70. The molecule has 1 fully saturated rings. The van der Waals surface area contributed by atoms with Crippen molar-refractivity contribution in [2.45, 2.75) is 23.9 Å². The molecule has 1 aliphatic heterocycles. The van der Waals surface area contributed by atoms with Crippen molar-refractivity contribution < 1.29 is 27.6 Å². The maximum Gasteiger partial charge on any atom is 0.416 e. The zero-order valence-corrected chi connectivity index (χ0v) is 18.4. The average molecular weight is 502 g/mol. The Kier molecular flexibility index (Phi) is 7.84. The fourth-order valence-corrected chi connectivity index (χ4v) is 3.93. The molecule has 0 saturated carbocycles. The highest BCUT2D eigenvalue weighted by atomic mass is 35.5. The molecule has 1 saturated heterocycles. The van der Waals surface area contributed by atoms with Gasteiger partial charge < -0.3 is 21.7 Å². The number of carbonyl (C=O) groups excluding carboxylic acids is 3. The number of hydrogen-bond donors (Lipinski definition) is 5. The lowest BCUT2D eigenvalue weighted by molar-refractivity contribution is -0.137. The van der Waals surface area contributed by atoms with Crippen LogP contribution in [0.3, 0.4) is 0 Å². The van der Waals surface area contributed by atoms with Crippen LogP contribution in [0.25, 0.3) is 0 Å². The second kappa shape index (κ2) is 10.4. The molecule has 0 bridgehead atoms. The number of carbonyl (C=O) groups is 3. The maximum absolute atomic E-state index is 12.7. The second-order valence-corrected chi connectivity index (χ2v) is 8.51. The molecule has 0 aliphatic carbocycles. The average Bonchev–Trinajstić information content (AvgIpc) is 2.74. The molecule has 3 unspecified atom stereocenters. The van der Waals surface area contributed by atoms with E-state index in [1.54, 1.807) is 24.3 Å². The van der Waals surface area contributed by atoms with E-state index in [2.05, 4.69) is 21.3 Å². The van der Waals surface area contributed by atoms with Crippen molar-refractivity contribution in [3.63, 3.8) is 0 Å². The Balaban J connectivity index is 1.50. The molecule has 33 heavy (non-hydrogen) atoms. The Labute approximate surface area is 195 Å². The minimum absolute atomic E-state index is 0.0141. The molecule has 3 rings (SSSR count). The molecule has 176 valence electrons. The highest BCUT2D eigenvalue weighted by Gasteiger charge is 2.36. The summed E-state index contributed by atoms with van der Waals surface area (Å²) < 4.78 is 38.0. The number of alkyl halides is 3. The van der Waals surface area contributed by atoms with Crippen LogP contribution in [-0.2, 0) is 15.8 Å². The predicted octanol–water partition coefficient (Wildman–Crippen LogP) is 2.12. The van der Waals surface area contributed by atoms with Gasteiger partial charge in [0.25, 0.3) is 5.91 Å². The van der Waals surface area contributed by atoms with E-state index in [-0.39, 0.29) is 17.2 Å². The van der Waals surface area contributed by atoms with Crippen molar-refractivity contribution in [3.8, 4) is 0 Å². The van der Waals surface area contributed by atoms with Crippen LogP contribution in [0.5, 0.6) is 0 Å². The zero-order chi connectivity index (χ0) is 24.2. The van der Waals surface area contributed by atoms with Crippen LogP contribution in [-0.4, -0.2) is 41.2 Å². The summed E-state index contributed by atoms with van der Waals surface area (Å²) in [4.78, 5) is 36.9. The lowest BCUT2D eigenvalue weighted by Gasteiger charge is -2.35. The lowest BCUT2D eigenvalue weighted by atomic mass is 10.1. The van der Waals surface area contributed by atoms with Gasteiger partial charge >= 0.3 is 6.18 Å². The molecule has 8 nitrogen and oxygen atoms in total. The first-order valence-corrected chi connectivity index (χ1v) is 10.9. The molecule has 3 atom stereocenters. The van der Waals surface area contributed by atoms with Gasteiger partial charge in [0.15, 0.2) is 0 Å². The highest BCUT2D eigenvalue weighted by Crippen LogP contribution is 2.29. The summed E-state index contributed by atoms with van der Waals surface area (Å²) in [6.45, 7) is 0. The largest absolute Gasteiger partial charge is 0.416 e. The summed E-state index contributed by atoms with van der Waals surface area (Å²) in [7, 11) is 0. The van der Waals surface area contributed by atoms with Gasteiger partial charge in [-0.25, -0.2) is 0 Å². The molecule has 2 aromatic carbocycles. The van der Waals surface area contributed by atoms with Crippen molar-refractivity contribution in [1.29, 1.82) is 0 Å². The number of nitrogens with one attached hydrogen (secondary N) is 4. The number of hydrogen-bond acceptors (Lipinski definition) is 6. The third kappa shape index (κ3) is 6.84. The van der Waals surface area contributed by atoms with Gasteiger partial charge in [-0.05, 0) is 42.5 Å². The topological polar surface area (TPSA) is 125 Å². The monoisotopic (exact) mass is 501 g/mol. The van der Waals surface area contributed by atoms with Gasteiger partial charge in [-0.2, -0.15) is 13.2 Å². The molecule has 0 radical (unpaired) electrons. The van der Waals surface area contributed by atoms with Gasteiger partial charge in [-0.15, -0.1) is 11.8 Å². The number of anilines is 1. The standard InChI is InChI=1S/C20H19ClF3N5O3S/c21-12-2-1-3-13(8-12)26-14(30)9-33-19-28-16(25)15(18(32)29-19)27-17(31)10-4-6-11(7-5-10)20(22,23)24/h1-8,15-16,19,28H,9,25H2,(H,26,30)(H,27,31)(H,29,32). The Morgan fingerprint density at radius 1 is 1.15 bits per heavy atom. The fraction of sp³-hybridized carbons (Fsp3) is 0.250. The van der Waals surface area contributed by atoms with Crippen molar-refractivity contribution in [2.24, 2.45) is 5.73 Å². The van der Waals surface area contributed by atoms with Crippen LogP contribution in [0.4, 0.5) is 18.9 Å². The van der Waals surface area contributed by atoms with Gasteiger partial charge in [0.05, 0.1) is 17.5 Å².